The molecule has 0 saturated carbocycles. The van der Waals surface area contributed by atoms with Crippen LogP contribution in [0.1, 0.15) is 11.3 Å². The molecule has 0 radical (unpaired) electrons. The monoisotopic (exact) mass is 378 g/mol. The van der Waals surface area contributed by atoms with Crippen molar-refractivity contribution in [3.8, 4) is 11.5 Å². The number of benzene rings is 2. The number of nitrogens with zero attached hydrogens (tertiary/aromatic N) is 3. The summed E-state index contributed by atoms with van der Waals surface area (Å²) in [7, 11) is 5.26. The highest BCUT2D eigenvalue weighted by molar-refractivity contribution is 5.57. The lowest BCUT2D eigenvalue weighted by Gasteiger charge is -2.18. The van der Waals surface area contributed by atoms with Crippen LogP contribution in [-0.2, 0) is 6.42 Å². The maximum absolute atomic E-state index is 5.37. The maximum Gasteiger partial charge on any atom is 0.231 e. The Bertz CT molecular complexity index is 916. The zero-order valence-corrected chi connectivity index (χ0v) is 16.8. The molecule has 1 N–H and O–H groups in total. The van der Waals surface area contributed by atoms with Crippen LogP contribution < -0.4 is 19.7 Å². The summed E-state index contributed by atoms with van der Waals surface area (Å²) in [5, 5.41) is 3.40. The molecule has 0 saturated heterocycles. The summed E-state index contributed by atoms with van der Waals surface area (Å²) in [6.45, 7) is 2.73. The van der Waals surface area contributed by atoms with Crippen molar-refractivity contribution >= 4 is 17.5 Å². The molecule has 6 nitrogen and oxygen atoms in total. The van der Waals surface area contributed by atoms with Gasteiger partial charge in [0.15, 0.2) is 11.5 Å². The lowest BCUT2D eigenvalue weighted by atomic mass is 10.1. The minimum atomic E-state index is 0.666. The lowest BCUT2D eigenvalue weighted by Crippen LogP contribution is -2.15. The van der Waals surface area contributed by atoms with E-state index in [-0.39, 0.29) is 0 Å². The third kappa shape index (κ3) is 4.71. The van der Waals surface area contributed by atoms with Crippen LogP contribution in [0, 0.1) is 6.92 Å². The first kappa shape index (κ1) is 19.5. The standard InChI is InChI=1S/C22H26N4O2/c1-16-14-21(25-22(24-16)26(2)18-8-6-5-7-9-18)23-13-12-17-10-11-19(27-3)20(15-17)28-4/h5-11,14-15H,12-13H2,1-4H3,(H,23,24,25). The van der Waals surface area contributed by atoms with Crippen LogP contribution in [0.3, 0.4) is 0 Å². The summed E-state index contributed by atoms with van der Waals surface area (Å²) in [5.41, 5.74) is 3.13. The fraction of sp³-hybridized carbons (Fsp3) is 0.273. The van der Waals surface area contributed by atoms with Gasteiger partial charge in [-0.1, -0.05) is 24.3 Å². The Labute approximate surface area is 166 Å². The topological polar surface area (TPSA) is 59.5 Å². The smallest absolute Gasteiger partial charge is 0.231 e. The maximum atomic E-state index is 5.37. The average molecular weight is 378 g/mol. The molecule has 0 aliphatic heterocycles. The van der Waals surface area contributed by atoms with Gasteiger partial charge in [0.1, 0.15) is 5.82 Å². The van der Waals surface area contributed by atoms with E-state index in [1.165, 1.54) is 0 Å². The number of ether oxygens (including phenoxy) is 2. The van der Waals surface area contributed by atoms with E-state index >= 15 is 0 Å². The summed E-state index contributed by atoms with van der Waals surface area (Å²) in [5.74, 6) is 2.95. The van der Waals surface area contributed by atoms with Crippen LogP contribution in [0.2, 0.25) is 0 Å². The van der Waals surface area contributed by atoms with Gasteiger partial charge in [0.2, 0.25) is 5.95 Å². The van der Waals surface area contributed by atoms with E-state index in [0.29, 0.717) is 5.95 Å². The normalized spacial score (nSPS) is 10.4. The van der Waals surface area contributed by atoms with E-state index in [4.69, 9.17) is 9.47 Å². The lowest BCUT2D eigenvalue weighted by molar-refractivity contribution is 0.354. The number of aryl methyl sites for hydroxylation is 1. The summed E-state index contributed by atoms with van der Waals surface area (Å²) in [6.07, 6.45) is 0.841. The minimum Gasteiger partial charge on any atom is -0.493 e. The fourth-order valence-electron chi connectivity index (χ4n) is 2.93. The summed E-state index contributed by atoms with van der Waals surface area (Å²) in [6, 6.07) is 18.0. The van der Waals surface area contributed by atoms with E-state index in [1.807, 2.05) is 73.5 Å². The van der Waals surface area contributed by atoms with E-state index < -0.39 is 0 Å². The summed E-state index contributed by atoms with van der Waals surface area (Å²) in [4.78, 5) is 11.2. The second kappa shape index (κ2) is 9.08. The number of aromatic nitrogens is 2. The zero-order chi connectivity index (χ0) is 19.9. The average Bonchev–Trinajstić information content (AvgIpc) is 2.73. The first-order valence-electron chi connectivity index (χ1n) is 9.20. The molecule has 6 heteroatoms. The molecule has 0 fully saturated rings. The van der Waals surface area contributed by atoms with Crippen LogP contribution in [0.15, 0.2) is 54.6 Å². The molecule has 1 aromatic heterocycles. The van der Waals surface area contributed by atoms with Gasteiger partial charge >= 0.3 is 0 Å². The second-order valence-electron chi connectivity index (χ2n) is 6.46. The first-order valence-corrected chi connectivity index (χ1v) is 9.20. The van der Waals surface area contributed by atoms with Gasteiger partial charge in [0.25, 0.3) is 0 Å². The van der Waals surface area contributed by atoms with Gasteiger partial charge in [-0.2, -0.15) is 4.98 Å². The number of anilines is 3. The number of methoxy groups -OCH3 is 2. The van der Waals surface area contributed by atoms with Crippen molar-refractivity contribution in [2.75, 3.05) is 38.0 Å². The first-order chi connectivity index (χ1) is 13.6. The SMILES string of the molecule is COc1ccc(CCNc2cc(C)nc(N(C)c3ccccc3)n2)cc1OC. The minimum absolute atomic E-state index is 0.666. The molecule has 0 aliphatic carbocycles. The van der Waals surface area contributed by atoms with Crippen LogP contribution in [0.25, 0.3) is 0 Å². The van der Waals surface area contributed by atoms with Gasteiger partial charge in [-0.25, -0.2) is 4.98 Å². The van der Waals surface area contributed by atoms with Crippen molar-refractivity contribution in [3.05, 3.63) is 65.9 Å². The van der Waals surface area contributed by atoms with E-state index in [0.717, 1.165) is 47.2 Å². The highest BCUT2D eigenvalue weighted by Crippen LogP contribution is 2.27. The van der Waals surface area contributed by atoms with Crippen LogP contribution in [-0.4, -0.2) is 37.8 Å². The number of hydrogen-bond acceptors (Lipinski definition) is 6. The number of rotatable bonds is 8. The Morgan fingerprint density at radius 3 is 2.39 bits per heavy atom. The van der Waals surface area contributed by atoms with E-state index in [2.05, 4.69) is 15.3 Å². The van der Waals surface area contributed by atoms with Gasteiger partial charge < -0.3 is 19.7 Å². The Hall–Kier alpha value is -3.28. The van der Waals surface area contributed by atoms with Crippen LogP contribution >= 0.6 is 0 Å². The Kier molecular flexibility index (Phi) is 6.32. The van der Waals surface area contributed by atoms with E-state index in [9.17, 15) is 0 Å². The molecule has 0 unspecified atom stereocenters. The van der Waals surface area contributed by atoms with Crippen molar-refractivity contribution in [2.24, 2.45) is 0 Å². The molecule has 0 bridgehead atoms. The van der Waals surface area contributed by atoms with Gasteiger partial charge in [0.05, 0.1) is 14.2 Å². The van der Waals surface area contributed by atoms with Crippen molar-refractivity contribution in [1.82, 2.24) is 9.97 Å². The molecule has 1 heterocycles. The van der Waals surface area contributed by atoms with Crippen molar-refractivity contribution in [1.29, 1.82) is 0 Å². The van der Waals surface area contributed by atoms with Gasteiger partial charge in [-0.15, -0.1) is 0 Å². The predicted molar refractivity (Wildman–Crippen MR) is 113 cm³/mol. The number of para-hydroxylation sites is 1. The number of nitrogens with one attached hydrogen (secondary N) is 1. The molecule has 0 amide bonds. The summed E-state index contributed by atoms with van der Waals surface area (Å²) >= 11 is 0. The molecular weight excluding hydrogens is 352 g/mol. The highest BCUT2D eigenvalue weighted by atomic mass is 16.5. The third-order valence-corrected chi connectivity index (χ3v) is 4.45. The quantitative estimate of drug-likeness (QED) is 0.633. The Morgan fingerprint density at radius 1 is 0.929 bits per heavy atom. The molecule has 146 valence electrons. The molecule has 0 aliphatic rings. The largest absolute Gasteiger partial charge is 0.493 e. The zero-order valence-electron chi connectivity index (χ0n) is 16.8. The Morgan fingerprint density at radius 2 is 1.68 bits per heavy atom. The highest BCUT2D eigenvalue weighted by Gasteiger charge is 2.09. The van der Waals surface area contributed by atoms with E-state index in [1.54, 1.807) is 14.2 Å². The van der Waals surface area contributed by atoms with Crippen molar-refractivity contribution in [2.45, 2.75) is 13.3 Å². The predicted octanol–water partition coefficient (Wildman–Crippen LogP) is 4.22. The molecule has 3 aromatic rings. The van der Waals surface area contributed by atoms with Gasteiger partial charge in [0, 0.05) is 31.0 Å². The second-order valence-corrected chi connectivity index (χ2v) is 6.46. The molecule has 0 atom stereocenters. The molecule has 0 spiro atoms. The summed E-state index contributed by atoms with van der Waals surface area (Å²) < 4.78 is 10.7. The van der Waals surface area contributed by atoms with Gasteiger partial charge in [-0.3, -0.25) is 0 Å². The van der Waals surface area contributed by atoms with Crippen LogP contribution in [0.5, 0.6) is 11.5 Å². The molecule has 3 rings (SSSR count). The molecule has 28 heavy (non-hydrogen) atoms. The van der Waals surface area contributed by atoms with Crippen molar-refractivity contribution in [3.63, 3.8) is 0 Å². The fourth-order valence-corrected chi connectivity index (χ4v) is 2.93. The van der Waals surface area contributed by atoms with Gasteiger partial charge in [-0.05, 0) is 43.2 Å². The third-order valence-electron chi connectivity index (χ3n) is 4.45. The van der Waals surface area contributed by atoms with Crippen LogP contribution in [0.4, 0.5) is 17.5 Å². The molecule has 2 aromatic carbocycles. The Balaban J connectivity index is 1.67. The number of hydrogen-bond donors (Lipinski definition) is 1. The molecular formula is C22H26N4O2. The van der Waals surface area contributed by atoms with Crippen molar-refractivity contribution < 1.29 is 9.47 Å².